The Labute approximate surface area is 126 Å². The Morgan fingerprint density at radius 3 is 2.36 bits per heavy atom. The number of methoxy groups -OCH3 is 2. The fourth-order valence-electron chi connectivity index (χ4n) is 2.21. The molecule has 2 heterocycles. The molecule has 4 N–H and O–H groups in total. The molecule has 3 aromatic rings. The van der Waals surface area contributed by atoms with Crippen LogP contribution in [0, 0.1) is 0 Å². The summed E-state index contributed by atoms with van der Waals surface area (Å²) in [6, 6.07) is 9.21. The zero-order chi connectivity index (χ0) is 15.7. The van der Waals surface area contributed by atoms with Gasteiger partial charge in [0, 0.05) is 5.56 Å². The van der Waals surface area contributed by atoms with Crippen LogP contribution in [0.5, 0.6) is 11.5 Å². The number of hydrogen-bond acceptors (Lipinski definition) is 7. The molecular weight excluding hydrogens is 282 g/mol. The van der Waals surface area contributed by atoms with Gasteiger partial charge in [-0.25, -0.2) is 9.97 Å². The molecule has 0 atom stereocenters. The van der Waals surface area contributed by atoms with Crippen molar-refractivity contribution in [1.29, 1.82) is 0 Å². The van der Waals surface area contributed by atoms with E-state index in [1.165, 1.54) is 0 Å². The SMILES string of the molecule is COc1ccc(-c2ccc3nc(N)nc(N)c3n2)cc1OC. The van der Waals surface area contributed by atoms with Gasteiger partial charge < -0.3 is 20.9 Å². The van der Waals surface area contributed by atoms with E-state index in [0.29, 0.717) is 22.5 Å². The Morgan fingerprint density at radius 2 is 1.64 bits per heavy atom. The minimum absolute atomic E-state index is 0.130. The van der Waals surface area contributed by atoms with Gasteiger partial charge in [-0.15, -0.1) is 0 Å². The summed E-state index contributed by atoms with van der Waals surface area (Å²) >= 11 is 0. The predicted octanol–water partition coefficient (Wildman–Crippen LogP) is 1.87. The van der Waals surface area contributed by atoms with Crippen LogP contribution in [0.3, 0.4) is 0 Å². The van der Waals surface area contributed by atoms with Crippen molar-refractivity contribution in [3.8, 4) is 22.8 Å². The van der Waals surface area contributed by atoms with Crippen LogP contribution in [0.4, 0.5) is 11.8 Å². The van der Waals surface area contributed by atoms with E-state index in [4.69, 9.17) is 20.9 Å². The number of anilines is 2. The first-order valence-electron chi connectivity index (χ1n) is 6.54. The average Bonchev–Trinajstić information content (AvgIpc) is 2.53. The summed E-state index contributed by atoms with van der Waals surface area (Å²) in [5.74, 6) is 1.67. The maximum Gasteiger partial charge on any atom is 0.222 e. The summed E-state index contributed by atoms with van der Waals surface area (Å²) in [5, 5.41) is 0. The zero-order valence-corrected chi connectivity index (χ0v) is 12.2. The maximum atomic E-state index is 5.87. The molecule has 22 heavy (non-hydrogen) atoms. The number of nitrogens with two attached hydrogens (primary N) is 2. The monoisotopic (exact) mass is 297 g/mol. The highest BCUT2D eigenvalue weighted by atomic mass is 16.5. The number of benzene rings is 1. The van der Waals surface area contributed by atoms with E-state index in [-0.39, 0.29) is 11.8 Å². The van der Waals surface area contributed by atoms with Gasteiger partial charge in [0.1, 0.15) is 5.52 Å². The molecule has 0 saturated carbocycles. The molecule has 7 heteroatoms. The van der Waals surface area contributed by atoms with E-state index in [0.717, 1.165) is 11.3 Å². The Bertz CT molecular complexity index is 851. The second-order valence-corrected chi connectivity index (χ2v) is 4.60. The van der Waals surface area contributed by atoms with Crippen LogP contribution >= 0.6 is 0 Å². The van der Waals surface area contributed by atoms with Crippen LogP contribution in [0.25, 0.3) is 22.3 Å². The zero-order valence-electron chi connectivity index (χ0n) is 12.2. The number of nitrogens with zero attached hydrogens (tertiary/aromatic N) is 3. The summed E-state index contributed by atoms with van der Waals surface area (Å²) in [7, 11) is 3.18. The maximum absolute atomic E-state index is 5.87. The first-order valence-corrected chi connectivity index (χ1v) is 6.54. The molecule has 1 aromatic carbocycles. The molecule has 0 bridgehead atoms. The van der Waals surface area contributed by atoms with Crippen molar-refractivity contribution in [2.24, 2.45) is 0 Å². The Hall–Kier alpha value is -3.09. The number of hydrogen-bond donors (Lipinski definition) is 2. The molecule has 0 amide bonds. The minimum atomic E-state index is 0.130. The number of pyridine rings is 1. The lowest BCUT2D eigenvalue weighted by molar-refractivity contribution is 0.355. The van der Waals surface area contributed by atoms with Gasteiger partial charge in [0.2, 0.25) is 5.95 Å². The van der Waals surface area contributed by atoms with Crippen molar-refractivity contribution < 1.29 is 9.47 Å². The molecule has 0 aliphatic heterocycles. The summed E-state index contributed by atoms with van der Waals surface area (Å²) in [4.78, 5) is 12.6. The van der Waals surface area contributed by atoms with Gasteiger partial charge >= 0.3 is 0 Å². The van der Waals surface area contributed by atoms with Crippen molar-refractivity contribution in [3.05, 3.63) is 30.3 Å². The lowest BCUT2D eigenvalue weighted by atomic mass is 10.1. The molecule has 0 unspecified atom stereocenters. The van der Waals surface area contributed by atoms with Crippen LogP contribution in [-0.4, -0.2) is 29.2 Å². The van der Waals surface area contributed by atoms with Gasteiger partial charge in [0.25, 0.3) is 0 Å². The molecule has 0 saturated heterocycles. The van der Waals surface area contributed by atoms with Gasteiger partial charge in [-0.3, -0.25) is 0 Å². The third kappa shape index (κ3) is 2.32. The Kier molecular flexibility index (Phi) is 3.38. The fraction of sp³-hybridized carbons (Fsp3) is 0.133. The topological polar surface area (TPSA) is 109 Å². The lowest BCUT2D eigenvalue weighted by Gasteiger charge is -2.10. The third-order valence-electron chi connectivity index (χ3n) is 3.27. The Morgan fingerprint density at radius 1 is 0.864 bits per heavy atom. The summed E-state index contributed by atoms with van der Waals surface area (Å²) < 4.78 is 10.5. The number of ether oxygens (including phenoxy) is 2. The standard InChI is InChI=1S/C15H15N5O2/c1-21-11-6-3-8(7-12(11)22-2)9-4-5-10-13(18-9)14(16)20-15(17)19-10/h3-7H,1-2H3,(H4,16,17,19,20). The number of fused-ring (bicyclic) bond motifs is 1. The van der Waals surface area contributed by atoms with E-state index in [1.54, 1.807) is 14.2 Å². The van der Waals surface area contributed by atoms with Gasteiger partial charge in [-0.05, 0) is 30.3 Å². The van der Waals surface area contributed by atoms with Gasteiger partial charge in [0.05, 0.1) is 25.4 Å². The molecule has 3 rings (SSSR count). The largest absolute Gasteiger partial charge is 0.493 e. The lowest BCUT2D eigenvalue weighted by Crippen LogP contribution is -2.02. The molecule has 112 valence electrons. The van der Waals surface area contributed by atoms with Crippen molar-refractivity contribution >= 4 is 22.8 Å². The van der Waals surface area contributed by atoms with E-state index in [1.807, 2.05) is 30.3 Å². The highest BCUT2D eigenvalue weighted by Gasteiger charge is 2.10. The number of aromatic nitrogens is 3. The van der Waals surface area contributed by atoms with Crippen molar-refractivity contribution in [1.82, 2.24) is 15.0 Å². The van der Waals surface area contributed by atoms with Crippen molar-refractivity contribution in [2.75, 3.05) is 25.7 Å². The van der Waals surface area contributed by atoms with Crippen LogP contribution in [0.1, 0.15) is 0 Å². The third-order valence-corrected chi connectivity index (χ3v) is 3.27. The first kappa shape index (κ1) is 13.9. The minimum Gasteiger partial charge on any atom is -0.493 e. The van der Waals surface area contributed by atoms with E-state index >= 15 is 0 Å². The van der Waals surface area contributed by atoms with E-state index < -0.39 is 0 Å². The fourth-order valence-corrected chi connectivity index (χ4v) is 2.21. The van der Waals surface area contributed by atoms with Gasteiger partial charge in [0.15, 0.2) is 17.3 Å². The average molecular weight is 297 g/mol. The van der Waals surface area contributed by atoms with Crippen molar-refractivity contribution in [3.63, 3.8) is 0 Å². The molecule has 0 aliphatic rings. The second kappa shape index (κ2) is 5.36. The van der Waals surface area contributed by atoms with Gasteiger partial charge in [-0.2, -0.15) is 4.98 Å². The highest BCUT2D eigenvalue weighted by Crippen LogP contribution is 2.32. The molecule has 0 fully saturated rings. The molecular formula is C15H15N5O2. The highest BCUT2D eigenvalue weighted by molar-refractivity contribution is 5.87. The first-order chi connectivity index (χ1) is 10.6. The van der Waals surface area contributed by atoms with E-state index in [9.17, 15) is 0 Å². The molecule has 7 nitrogen and oxygen atoms in total. The number of nitrogen functional groups attached to an aromatic ring is 2. The summed E-state index contributed by atoms with van der Waals surface area (Å²) in [6.07, 6.45) is 0. The Balaban J connectivity index is 2.14. The van der Waals surface area contributed by atoms with E-state index in [2.05, 4.69) is 15.0 Å². The second-order valence-electron chi connectivity index (χ2n) is 4.60. The quantitative estimate of drug-likeness (QED) is 0.759. The van der Waals surface area contributed by atoms with Crippen molar-refractivity contribution in [2.45, 2.75) is 0 Å². The summed E-state index contributed by atoms with van der Waals surface area (Å²) in [6.45, 7) is 0. The molecule has 0 radical (unpaired) electrons. The normalized spacial score (nSPS) is 10.6. The molecule has 0 aliphatic carbocycles. The van der Waals surface area contributed by atoms with Crippen LogP contribution in [0.2, 0.25) is 0 Å². The predicted molar refractivity (Wildman–Crippen MR) is 84.7 cm³/mol. The van der Waals surface area contributed by atoms with Crippen LogP contribution in [-0.2, 0) is 0 Å². The number of rotatable bonds is 3. The molecule has 0 spiro atoms. The van der Waals surface area contributed by atoms with Gasteiger partial charge in [-0.1, -0.05) is 0 Å². The summed E-state index contributed by atoms with van der Waals surface area (Å²) in [5.41, 5.74) is 14.2. The van der Waals surface area contributed by atoms with Crippen LogP contribution in [0.15, 0.2) is 30.3 Å². The smallest absolute Gasteiger partial charge is 0.222 e. The molecule has 2 aromatic heterocycles. The van der Waals surface area contributed by atoms with Crippen LogP contribution < -0.4 is 20.9 Å².